The van der Waals surface area contributed by atoms with E-state index in [0.717, 1.165) is 16.7 Å². The van der Waals surface area contributed by atoms with Crippen LogP contribution in [0.1, 0.15) is 50.3 Å². The van der Waals surface area contributed by atoms with E-state index in [1.54, 1.807) is 20.8 Å². The van der Waals surface area contributed by atoms with E-state index in [2.05, 4.69) is 15.5 Å². The number of methoxy groups -OCH3 is 1. The molecule has 0 radical (unpaired) electrons. The van der Waals surface area contributed by atoms with Gasteiger partial charge in [-0.3, -0.25) is 19.3 Å². The molecule has 1 aliphatic rings. The zero-order valence-electron chi connectivity index (χ0n) is 27.0. The van der Waals surface area contributed by atoms with E-state index in [4.69, 9.17) is 9.47 Å². The van der Waals surface area contributed by atoms with Crippen LogP contribution in [-0.2, 0) is 43.5 Å². The largest absolute Gasteiger partial charge is 0.469 e. The minimum atomic E-state index is -1.34. The van der Waals surface area contributed by atoms with E-state index in [1.165, 1.54) is 12.0 Å². The molecule has 1 aliphatic heterocycles. The van der Waals surface area contributed by atoms with Gasteiger partial charge in [0.1, 0.15) is 17.2 Å². The van der Waals surface area contributed by atoms with Gasteiger partial charge in [-0.1, -0.05) is 91.0 Å². The minimum Gasteiger partial charge on any atom is -0.469 e. The van der Waals surface area contributed by atoms with E-state index in [-0.39, 0.29) is 25.5 Å². The summed E-state index contributed by atoms with van der Waals surface area (Å²) in [7, 11) is 1.22. The van der Waals surface area contributed by atoms with Gasteiger partial charge in [0.25, 0.3) is 0 Å². The summed E-state index contributed by atoms with van der Waals surface area (Å²) >= 11 is 0. The van der Waals surface area contributed by atoms with E-state index in [1.807, 2.05) is 91.0 Å². The van der Waals surface area contributed by atoms with Crippen molar-refractivity contribution >= 4 is 23.9 Å². The predicted octanol–water partition coefficient (Wildman–Crippen LogP) is 4.43. The van der Waals surface area contributed by atoms with Crippen molar-refractivity contribution in [2.75, 3.05) is 20.2 Å². The molecule has 10 heteroatoms. The van der Waals surface area contributed by atoms with Gasteiger partial charge < -0.3 is 25.0 Å². The monoisotopic (exact) mass is 628 g/mol. The number of hydrogen-bond donors (Lipinski definition) is 2. The molecule has 0 aliphatic carbocycles. The van der Waals surface area contributed by atoms with Gasteiger partial charge in [0.15, 0.2) is 0 Å². The molecular weight excluding hydrogens is 584 g/mol. The number of amides is 3. The molecule has 0 spiro atoms. The smallest absolute Gasteiger partial charge is 0.408 e. The van der Waals surface area contributed by atoms with Gasteiger partial charge >= 0.3 is 12.1 Å². The molecule has 0 saturated carbocycles. The van der Waals surface area contributed by atoms with Crippen LogP contribution in [0.3, 0.4) is 0 Å². The molecule has 244 valence electrons. The van der Waals surface area contributed by atoms with Gasteiger partial charge in [-0.15, -0.1) is 0 Å². The number of likely N-dealkylation sites (tertiary alicyclic amines) is 1. The summed E-state index contributed by atoms with van der Waals surface area (Å²) in [6, 6.07) is 27.5. The first-order valence-electron chi connectivity index (χ1n) is 15.5. The minimum absolute atomic E-state index is 0.0747. The molecule has 0 aromatic heterocycles. The molecule has 1 fully saturated rings. The Hall–Kier alpha value is -4.70. The van der Waals surface area contributed by atoms with Crippen molar-refractivity contribution in [3.8, 4) is 0 Å². The molecule has 46 heavy (non-hydrogen) atoms. The fourth-order valence-corrected chi connectivity index (χ4v) is 5.61. The van der Waals surface area contributed by atoms with Crippen LogP contribution in [-0.4, -0.2) is 71.1 Å². The van der Waals surface area contributed by atoms with Crippen molar-refractivity contribution in [3.05, 3.63) is 108 Å². The van der Waals surface area contributed by atoms with Gasteiger partial charge in [-0.05, 0) is 43.9 Å². The molecule has 0 bridgehead atoms. The van der Waals surface area contributed by atoms with Crippen molar-refractivity contribution < 1.29 is 28.7 Å². The Balaban J connectivity index is 1.74. The molecule has 1 saturated heterocycles. The Labute approximate surface area is 271 Å². The third-order valence-corrected chi connectivity index (χ3v) is 7.85. The van der Waals surface area contributed by atoms with Crippen LogP contribution in [0.15, 0.2) is 91.0 Å². The Morgan fingerprint density at radius 2 is 1.43 bits per heavy atom. The topological polar surface area (TPSA) is 117 Å². The van der Waals surface area contributed by atoms with Crippen molar-refractivity contribution in [2.45, 2.75) is 70.4 Å². The Bertz CT molecular complexity index is 1460. The maximum absolute atomic E-state index is 14.7. The van der Waals surface area contributed by atoms with Crippen LogP contribution in [0.5, 0.6) is 0 Å². The normalized spacial score (nSPS) is 17.0. The zero-order chi connectivity index (χ0) is 33.2. The molecule has 3 amide bonds. The molecule has 2 atom stereocenters. The second-order valence-corrected chi connectivity index (χ2v) is 12.5. The summed E-state index contributed by atoms with van der Waals surface area (Å²) in [5.74, 6) is -1.59. The average molecular weight is 629 g/mol. The summed E-state index contributed by atoms with van der Waals surface area (Å²) < 4.78 is 10.3. The average Bonchev–Trinajstić information content (AvgIpc) is 3.46. The number of hydrogen-bond acceptors (Lipinski definition) is 7. The van der Waals surface area contributed by atoms with Crippen molar-refractivity contribution in [1.29, 1.82) is 0 Å². The van der Waals surface area contributed by atoms with Gasteiger partial charge in [-0.2, -0.15) is 0 Å². The van der Waals surface area contributed by atoms with Gasteiger partial charge in [-0.25, -0.2) is 4.79 Å². The highest BCUT2D eigenvalue weighted by Crippen LogP contribution is 2.33. The van der Waals surface area contributed by atoms with E-state index in [9.17, 15) is 19.2 Å². The number of benzene rings is 3. The quantitative estimate of drug-likeness (QED) is 0.285. The summed E-state index contributed by atoms with van der Waals surface area (Å²) in [4.78, 5) is 58.3. The lowest BCUT2D eigenvalue weighted by molar-refractivity contribution is -0.152. The molecule has 2 N–H and O–H groups in total. The molecule has 4 rings (SSSR count). The van der Waals surface area contributed by atoms with Crippen LogP contribution in [0, 0.1) is 0 Å². The second-order valence-electron chi connectivity index (χ2n) is 12.5. The van der Waals surface area contributed by atoms with Crippen LogP contribution in [0.2, 0.25) is 0 Å². The third kappa shape index (κ3) is 9.40. The van der Waals surface area contributed by atoms with Gasteiger partial charge in [0.05, 0.1) is 13.5 Å². The number of nitrogens with zero attached hydrogens (tertiary/aromatic N) is 2. The van der Waals surface area contributed by atoms with Gasteiger partial charge in [0.2, 0.25) is 11.8 Å². The van der Waals surface area contributed by atoms with Crippen LogP contribution < -0.4 is 10.6 Å². The molecule has 10 nitrogen and oxygen atoms in total. The predicted molar refractivity (Wildman–Crippen MR) is 174 cm³/mol. The fourth-order valence-electron chi connectivity index (χ4n) is 5.61. The Morgan fingerprint density at radius 3 is 2.00 bits per heavy atom. The first kappa shape index (κ1) is 34.2. The maximum Gasteiger partial charge on any atom is 0.408 e. The summed E-state index contributed by atoms with van der Waals surface area (Å²) in [5, 5.41) is 5.68. The van der Waals surface area contributed by atoms with Crippen LogP contribution in [0.4, 0.5) is 4.79 Å². The summed E-state index contributed by atoms with van der Waals surface area (Å²) in [5.41, 5.74) is 0.636. The lowest BCUT2D eigenvalue weighted by Crippen LogP contribution is -2.65. The van der Waals surface area contributed by atoms with E-state index >= 15 is 0 Å². The van der Waals surface area contributed by atoms with Crippen molar-refractivity contribution in [1.82, 2.24) is 20.4 Å². The summed E-state index contributed by atoms with van der Waals surface area (Å²) in [6.45, 7) is 6.85. The molecule has 3 aromatic rings. The lowest BCUT2D eigenvalue weighted by atomic mass is 9.92. The van der Waals surface area contributed by atoms with Crippen LogP contribution in [0.25, 0.3) is 0 Å². The highest BCUT2D eigenvalue weighted by Gasteiger charge is 2.52. The molecule has 1 heterocycles. The zero-order valence-corrected chi connectivity index (χ0v) is 27.0. The number of nitrogens with one attached hydrogen (secondary N) is 2. The number of ether oxygens (including phenoxy) is 2. The number of rotatable bonds is 12. The second kappa shape index (κ2) is 15.5. The van der Waals surface area contributed by atoms with E-state index in [0.29, 0.717) is 19.5 Å². The molecule has 1 unspecified atom stereocenters. The van der Waals surface area contributed by atoms with E-state index < -0.39 is 41.6 Å². The highest BCUT2D eigenvalue weighted by molar-refractivity contribution is 5.96. The maximum atomic E-state index is 14.7. The van der Waals surface area contributed by atoms with Gasteiger partial charge in [0, 0.05) is 32.7 Å². The number of carbonyl (C=O) groups is 4. The van der Waals surface area contributed by atoms with Crippen molar-refractivity contribution in [2.24, 2.45) is 0 Å². The van der Waals surface area contributed by atoms with Crippen molar-refractivity contribution in [3.63, 3.8) is 0 Å². The highest BCUT2D eigenvalue weighted by atomic mass is 16.6. The number of alkyl carbamates (subject to hydrolysis) is 1. The number of carbonyl (C=O) groups excluding carboxylic acids is 4. The lowest BCUT2D eigenvalue weighted by Gasteiger charge is -2.42. The Kier molecular flexibility index (Phi) is 11.5. The van der Waals surface area contributed by atoms with Crippen LogP contribution >= 0.6 is 0 Å². The summed E-state index contributed by atoms with van der Waals surface area (Å²) in [6.07, 6.45) is -0.944. The first-order valence-corrected chi connectivity index (χ1v) is 15.5. The first-order chi connectivity index (χ1) is 22.0. The molecular formula is C36H44N4O6. The Morgan fingerprint density at radius 1 is 0.870 bits per heavy atom. The standard InChI is InChI=1S/C36H44N4O6/c1-35(2,3)46-34(44)38-30(22-31(41)45-4)32(42)40(25-29-18-12-7-13-19-29)36(33(43)37-23-27-14-8-5-9-15-27)20-21-39(26-36)24-28-16-10-6-11-17-28/h5-19,30H,20-26H2,1-4H3,(H,37,43)(H,38,44)/t30-,36?/m0/s1. The molecule has 3 aromatic carbocycles. The third-order valence-electron chi connectivity index (χ3n) is 7.85. The SMILES string of the molecule is COC(=O)C[C@H](NC(=O)OC(C)(C)C)C(=O)N(Cc1ccccc1)C1(C(=O)NCc2ccccc2)CCN(Cc2ccccc2)C1. The number of esters is 1. The fraction of sp³-hybridized carbons (Fsp3) is 0.389.